The van der Waals surface area contributed by atoms with Crippen molar-refractivity contribution in [2.24, 2.45) is 0 Å². The molecule has 2 fully saturated rings. The third kappa shape index (κ3) is 4.59. The zero-order chi connectivity index (χ0) is 17.9. The molecule has 1 aliphatic heterocycles. The Morgan fingerprint density at radius 2 is 2.00 bits per heavy atom. The molecule has 1 aromatic heterocycles. The largest absolute Gasteiger partial charge is 0.348 e. The van der Waals surface area contributed by atoms with Crippen molar-refractivity contribution in [2.75, 3.05) is 13.1 Å². The van der Waals surface area contributed by atoms with Crippen molar-refractivity contribution in [1.29, 1.82) is 0 Å². The quantitative estimate of drug-likeness (QED) is 0.716. The summed E-state index contributed by atoms with van der Waals surface area (Å²) in [6.07, 6.45) is 4.95. The third-order valence-corrected chi connectivity index (χ3v) is 7.84. The van der Waals surface area contributed by atoms with Crippen molar-refractivity contribution in [2.45, 2.75) is 54.8 Å². The Morgan fingerprint density at radius 1 is 1.20 bits per heavy atom. The van der Waals surface area contributed by atoms with E-state index in [1.807, 2.05) is 0 Å². The normalized spacial score (nSPS) is 21.7. The van der Waals surface area contributed by atoms with E-state index < -0.39 is 21.8 Å². The fourth-order valence-corrected chi connectivity index (χ4v) is 5.86. The molecule has 1 atom stereocenters. The number of nitrogens with one attached hydrogen (secondary N) is 2. The van der Waals surface area contributed by atoms with Crippen LogP contribution in [0.5, 0.6) is 0 Å². The summed E-state index contributed by atoms with van der Waals surface area (Å²) in [6, 6.07) is 3.35. The van der Waals surface area contributed by atoms with Gasteiger partial charge in [0.05, 0.1) is 0 Å². The molecule has 2 amide bonds. The van der Waals surface area contributed by atoms with Gasteiger partial charge in [0.25, 0.3) is 10.0 Å². The molecule has 0 unspecified atom stereocenters. The minimum absolute atomic E-state index is 0.142. The summed E-state index contributed by atoms with van der Waals surface area (Å²) < 4.78 is 27.5. The van der Waals surface area contributed by atoms with E-state index in [4.69, 9.17) is 0 Å². The number of carbonyl (C=O) groups is 2. The Labute approximate surface area is 151 Å². The fraction of sp³-hybridized carbons (Fsp3) is 0.625. The van der Waals surface area contributed by atoms with E-state index >= 15 is 0 Å². The standard InChI is InChI=1S/C16H23N3O4S2/c20-15(16(21)18-12-6-7-12)17-9-8-13-4-1-2-10-19(13)25(22,23)14-5-3-11-24-14/h3,5,11-13H,1-2,4,6-10H2,(H,17,20)(H,18,21)/t13-/m1/s1. The molecule has 3 rings (SSSR count). The van der Waals surface area contributed by atoms with Crippen LogP contribution in [0.15, 0.2) is 21.7 Å². The lowest BCUT2D eigenvalue weighted by atomic mass is 10.0. The number of rotatable bonds is 6. The zero-order valence-corrected chi connectivity index (χ0v) is 15.6. The van der Waals surface area contributed by atoms with Crippen molar-refractivity contribution in [1.82, 2.24) is 14.9 Å². The molecule has 0 bridgehead atoms. The van der Waals surface area contributed by atoms with E-state index in [0.29, 0.717) is 17.2 Å². The molecule has 0 spiro atoms. The Bertz CT molecular complexity index is 714. The molecular formula is C16H23N3O4S2. The van der Waals surface area contributed by atoms with Gasteiger partial charge in [-0.15, -0.1) is 11.3 Å². The van der Waals surface area contributed by atoms with Crippen molar-refractivity contribution in [3.05, 3.63) is 17.5 Å². The van der Waals surface area contributed by atoms with E-state index in [1.54, 1.807) is 21.8 Å². The van der Waals surface area contributed by atoms with E-state index in [9.17, 15) is 18.0 Å². The molecule has 1 aliphatic carbocycles. The van der Waals surface area contributed by atoms with Crippen LogP contribution in [0.25, 0.3) is 0 Å². The van der Waals surface area contributed by atoms with Crippen LogP contribution in [0.4, 0.5) is 0 Å². The van der Waals surface area contributed by atoms with Crippen LogP contribution in [-0.4, -0.2) is 49.7 Å². The van der Waals surface area contributed by atoms with Gasteiger partial charge in [0, 0.05) is 25.2 Å². The van der Waals surface area contributed by atoms with E-state index in [0.717, 1.165) is 32.1 Å². The average Bonchev–Trinajstić information content (AvgIpc) is 3.23. The maximum atomic E-state index is 12.8. The van der Waals surface area contributed by atoms with Gasteiger partial charge in [-0.25, -0.2) is 8.42 Å². The molecule has 0 radical (unpaired) electrons. The second kappa shape index (κ2) is 7.84. The molecule has 7 nitrogen and oxygen atoms in total. The van der Waals surface area contributed by atoms with Gasteiger partial charge in [0.1, 0.15) is 4.21 Å². The summed E-state index contributed by atoms with van der Waals surface area (Å²) in [5, 5.41) is 6.99. The van der Waals surface area contributed by atoms with Gasteiger partial charge in [0.2, 0.25) is 0 Å². The van der Waals surface area contributed by atoms with E-state index in [2.05, 4.69) is 10.6 Å². The number of hydrogen-bond acceptors (Lipinski definition) is 5. The van der Waals surface area contributed by atoms with Gasteiger partial charge < -0.3 is 10.6 Å². The molecule has 2 N–H and O–H groups in total. The first-order valence-electron chi connectivity index (χ1n) is 8.62. The SMILES string of the molecule is O=C(NCC[C@H]1CCCCN1S(=O)(=O)c1cccs1)C(=O)NC1CC1. The lowest BCUT2D eigenvalue weighted by Gasteiger charge is -2.34. The molecule has 2 heterocycles. The number of thiophene rings is 1. The topological polar surface area (TPSA) is 95.6 Å². The van der Waals surface area contributed by atoms with Gasteiger partial charge >= 0.3 is 11.8 Å². The summed E-state index contributed by atoms with van der Waals surface area (Å²) in [6.45, 7) is 0.791. The predicted molar refractivity (Wildman–Crippen MR) is 94.6 cm³/mol. The second-order valence-corrected chi connectivity index (χ2v) is 9.55. The first-order valence-corrected chi connectivity index (χ1v) is 10.9. The lowest BCUT2D eigenvalue weighted by molar-refractivity contribution is -0.139. The maximum absolute atomic E-state index is 12.8. The Morgan fingerprint density at radius 3 is 2.68 bits per heavy atom. The number of hydrogen-bond donors (Lipinski definition) is 2. The van der Waals surface area contributed by atoms with Crippen LogP contribution in [0.3, 0.4) is 0 Å². The maximum Gasteiger partial charge on any atom is 0.309 e. The van der Waals surface area contributed by atoms with Gasteiger partial charge in [-0.05, 0) is 43.6 Å². The number of sulfonamides is 1. The van der Waals surface area contributed by atoms with Crippen LogP contribution in [0.2, 0.25) is 0 Å². The van der Waals surface area contributed by atoms with Crippen LogP contribution >= 0.6 is 11.3 Å². The molecule has 0 aromatic carbocycles. The summed E-state index contributed by atoms with van der Waals surface area (Å²) in [7, 11) is -3.48. The third-order valence-electron chi connectivity index (χ3n) is 4.51. The van der Waals surface area contributed by atoms with Gasteiger partial charge in [-0.3, -0.25) is 9.59 Å². The van der Waals surface area contributed by atoms with Crippen molar-refractivity contribution < 1.29 is 18.0 Å². The number of amides is 2. The molecule has 1 saturated heterocycles. The van der Waals surface area contributed by atoms with E-state index in [1.165, 1.54) is 11.3 Å². The molecule has 2 aliphatic rings. The van der Waals surface area contributed by atoms with Crippen LogP contribution in [-0.2, 0) is 19.6 Å². The van der Waals surface area contributed by atoms with Crippen LogP contribution in [0.1, 0.15) is 38.5 Å². The Kier molecular flexibility index (Phi) is 5.75. The predicted octanol–water partition coefficient (Wildman–Crippen LogP) is 1.08. The molecule has 9 heteroatoms. The van der Waals surface area contributed by atoms with E-state index in [-0.39, 0.29) is 18.6 Å². The minimum Gasteiger partial charge on any atom is -0.348 e. The molecular weight excluding hydrogens is 362 g/mol. The Hall–Kier alpha value is -1.45. The molecule has 1 saturated carbocycles. The first kappa shape index (κ1) is 18.3. The minimum atomic E-state index is -3.48. The van der Waals surface area contributed by atoms with Crippen LogP contribution in [0, 0.1) is 0 Å². The number of piperidine rings is 1. The molecule has 138 valence electrons. The summed E-state index contributed by atoms with van der Waals surface area (Å²) in [5.41, 5.74) is 0. The highest BCUT2D eigenvalue weighted by Crippen LogP contribution is 2.29. The highest BCUT2D eigenvalue weighted by molar-refractivity contribution is 7.91. The van der Waals surface area contributed by atoms with Gasteiger partial charge in [-0.1, -0.05) is 12.5 Å². The highest BCUT2D eigenvalue weighted by atomic mass is 32.2. The van der Waals surface area contributed by atoms with Crippen molar-refractivity contribution in [3.8, 4) is 0 Å². The van der Waals surface area contributed by atoms with Crippen molar-refractivity contribution in [3.63, 3.8) is 0 Å². The number of nitrogens with zero attached hydrogens (tertiary/aromatic N) is 1. The van der Waals surface area contributed by atoms with Gasteiger partial charge in [0.15, 0.2) is 0 Å². The highest BCUT2D eigenvalue weighted by Gasteiger charge is 2.34. The lowest BCUT2D eigenvalue weighted by Crippen LogP contribution is -2.46. The van der Waals surface area contributed by atoms with Gasteiger partial charge in [-0.2, -0.15) is 4.31 Å². The first-order chi connectivity index (χ1) is 12.0. The fourth-order valence-electron chi connectivity index (χ4n) is 3.02. The van der Waals surface area contributed by atoms with Crippen molar-refractivity contribution >= 4 is 33.2 Å². The monoisotopic (exact) mass is 385 g/mol. The summed E-state index contributed by atoms with van der Waals surface area (Å²) in [4.78, 5) is 23.4. The smallest absolute Gasteiger partial charge is 0.309 e. The summed E-state index contributed by atoms with van der Waals surface area (Å²) >= 11 is 1.22. The molecule has 1 aromatic rings. The number of carbonyl (C=O) groups excluding carboxylic acids is 2. The second-order valence-electron chi connectivity index (χ2n) is 6.49. The molecule has 25 heavy (non-hydrogen) atoms. The average molecular weight is 386 g/mol. The van der Waals surface area contributed by atoms with Crippen LogP contribution < -0.4 is 10.6 Å². The zero-order valence-electron chi connectivity index (χ0n) is 13.9. The Balaban J connectivity index is 1.54. The summed E-state index contributed by atoms with van der Waals surface area (Å²) in [5.74, 6) is -1.25.